The Bertz CT molecular complexity index is 509. The van der Waals surface area contributed by atoms with Crippen LogP contribution in [0.3, 0.4) is 0 Å². The molecule has 0 radical (unpaired) electrons. The van der Waals surface area contributed by atoms with Crippen molar-refractivity contribution in [3.8, 4) is 0 Å². The number of rotatable bonds is 12. The molecular formula is C20H26S5. The van der Waals surface area contributed by atoms with Gasteiger partial charge in [0.15, 0.2) is 0 Å². The van der Waals surface area contributed by atoms with Gasteiger partial charge >= 0.3 is 0 Å². The van der Waals surface area contributed by atoms with Crippen LogP contribution in [0.5, 0.6) is 0 Å². The molecule has 0 aliphatic carbocycles. The zero-order valence-corrected chi connectivity index (χ0v) is 18.5. The molecule has 0 saturated heterocycles. The number of hydrogen-bond donors (Lipinski definition) is 2. The van der Waals surface area contributed by atoms with Gasteiger partial charge in [-0.05, 0) is 11.1 Å². The molecule has 2 aromatic carbocycles. The third kappa shape index (κ3) is 10.2. The molecule has 2 atom stereocenters. The fourth-order valence-electron chi connectivity index (χ4n) is 2.21. The van der Waals surface area contributed by atoms with E-state index in [1.165, 1.54) is 11.1 Å². The summed E-state index contributed by atoms with van der Waals surface area (Å²) in [6, 6.07) is 21.3. The quantitative estimate of drug-likeness (QED) is 0.389. The Kier molecular flexibility index (Phi) is 11.5. The molecule has 0 spiro atoms. The Morgan fingerprint density at radius 1 is 0.560 bits per heavy atom. The lowest BCUT2D eigenvalue weighted by molar-refractivity contribution is 1.12. The van der Waals surface area contributed by atoms with Crippen LogP contribution in [0.15, 0.2) is 60.7 Å². The van der Waals surface area contributed by atoms with Crippen LogP contribution >= 0.6 is 60.5 Å². The molecule has 0 heterocycles. The van der Waals surface area contributed by atoms with E-state index in [1.54, 1.807) is 0 Å². The Hall–Kier alpha value is 0.190. The van der Waals surface area contributed by atoms with Crippen molar-refractivity contribution in [1.29, 1.82) is 0 Å². The lowest BCUT2D eigenvalue weighted by Gasteiger charge is -2.13. The Morgan fingerprint density at radius 3 is 1.32 bits per heavy atom. The lowest BCUT2D eigenvalue weighted by atomic mass is 10.2. The van der Waals surface area contributed by atoms with Gasteiger partial charge < -0.3 is 0 Å². The van der Waals surface area contributed by atoms with Gasteiger partial charge in [0.05, 0.1) is 0 Å². The summed E-state index contributed by atoms with van der Waals surface area (Å²) in [6.45, 7) is 0. The molecule has 0 nitrogen and oxygen atoms in total. The Labute approximate surface area is 176 Å². The van der Waals surface area contributed by atoms with Gasteiger partial charge in [0.2, 0.25) is 0 Å². The normalized spacial score (nSPS) is 13.5. The maximum Gasteiger partial charge on any atom is 0.0198 e. The number of thioether (sulfide) groups is 3. The van der Waals surface area contributed by atoms with E-state index < -0.39 is 0 Å². The molecule has 2 unspecified atom stereocenters. The molecular weight excluding hydrogens is 401 g/mol. The van der Waals surface area contributed by atoms with E-state index in [9.17, 15) is 0 Å². The van der Waals surface area contributed by atoms with E-state index in [1.807, 2.05) is 35.3 Å². The zero-order chi connectivity index (χ0) is 17.7. The summed E-state index contributed by atoms with van der Waals surface area (Å²) in [5.41, 5.74) is 2.79. The SMILES string of the molecule is SC(CSCc1ccccc1)CSCC(S)CSCc1ccccc1. The topological polar surface area (TPSA) is 0 Å². The van der Waals surface area contributed by atoms with Crippen LogP contribution in [-0.2, 0) is 11.5 Å². The number of thiol groups is 2. The second kappa shape index (κ2) is 13.4. The van der Waals surface area contributed by atoms with Gasteiger partial charge in [0, 0.05) is 45.0 Å². The molecule has 0 amide bonds. The van der Waals surface area contributed by atoms with Gasteiger partial charge in [0.1, 0.15) is 0 Å². The summed E-state index contributed by atoms with van der Waals surface area (Å²) in [6.07, 6.45) is 0. The van der Waals surface area contributed by atoms with E-state index in [-0.39, 0.29) is 0 Å². The summed E-state index contributed by atoms with van der Waals surface area (Å²) < 4.78 is 0. The van der Waals surface area contributed by atoms with Crippen molar-refractivity contribution in [3.05, 3.63) is 71.8 Å². The molecule has 2 aromatic rings. The highest BCUT2D eigenvalue weighted by Gasteiger charge is 2.08. The highest BCUT2D eigenvalue weighted by molar-refractivity contribution is 8.02. The van der Waals surface area contributed by atoms with Gasteiger partial charge in [0.25, 0.3) is 0 Å². The predicted octanol–water partition coefficient (Wildman–Crippen LogP) is 6.18. The number of hydrogen-bond acceptors (Lipinski definition) is 5. The summed E-state index contributed by atoms with van der Waals surface area (Å²) in [4.78, 5) is 0. The lowest BCUT2D eigenvalue weighted by Crippen LogP contribution is -2.11. The molecule has 0 aromatic heterocycles. The molecule has 0 fully saturated rings. The summed E-state index contributed by atoms with van der Waals surface area (Å²) in [5.74, 6) is 6.56. The fraction of sp³-hybridized carbons (Fsp3) is 0.400. The second-order valence-electron chi connectivity index (χ2n) is 5.85. The molecule has 0 aliphatic heterocycles. The van der Waals surface area contributed by atoms with Crippen LogP contribution < -0.4 is 0 Å². The van der Waals surface area contributed by atoms with Gasteiger partial charge in [-0.15, -0.1) is 0 Å². The standard InChI is InChI=1S/C20H26S5/c21-19(13-23-11-17-7-3-1-4-8-17)15-25-16-20(22)14-24-12-18-9-5-2-6-10-18/h1-10,19-22H,11-16H2. The molecule has 5 heteroatoms. The first-order valence-corrected chi connectivity index (χ1v) is 12.9. The summed E-state index contributed by atoms with van der Waals surface area (Å²) in [5, 5.41) is 0.910. The van der Waals surface area contributed by atoms with E-state index >= 15 is 0 Å². The first-order valence-electron chi connectivity index (χ1n) is 8.41. The van der Waals surface area contributed by atoms with Crippen molar-refractivity contribution in [2.24, 2.45) is 0 Å². The van der Waals surface area contributed by atoms with E-state index in [4.69, 9.17) is 25.3 Å². The third-order valence-electron chi connectivity index (χ3n) is 3.46. The Balaban J connectivity index is 1.48. The predicted molar refractivity (Wildman–Crippen MR) is 128 cm³/mol. The molecule has 0 saturated carbocycles. The molecule has 2 rings (SSSR count). The average molecular weight is 427 g/mol. The minimum atomic E-state index is 0.455. The molecule has 0 aliphatic rings. The van der Waals surface area contributed by atoms with Crippen molar-refractivity contribution in [2.45, 2.75) is 22.0 Å². The second-order valence-corrected chi connectivity index (χ2v) is 10.4. The highest BCUT2D eigenvalue weighted by atomic mass is 32.2. The zero-order valence-electron chi connectivity index (χ0n) is 14.3. The van der Waals surface area contributed by atoms with Crippen molar-refractivity contribution >= 4 is 60.5 Å². The highest BCUT2D eigenvalue weighted by Crippen LogP contribution is 2.21. The van der Waals surface area contributed by atoms with Gasteiger partial charge in [-0.1, -0.05) is 60.7 Å². The Morgan fingerprint density at radius 2 is 0.920 bits per heavy atom. The average Bonchev–Trinajstić information content (AvgIpc) is 2.63. The summed E-state index contributed by atoms with van der Waals surface area (Å²) >= 11 is 15.4. The molecule has 0 N–H and O–H groups in total. The van der Waals surface area contributed by atoms with Crippen molar-refractivity contribution in [1.82, 2.24) is 0 Å². The monoisotopic (exact) mass is 426 g/mol. The minimum absolute atomic E-state index is 0.455. The van der Waals surface area contributed by atoms with Crippen LogP contribution in [0, 0.1) is 0 Å². The van der Waals surface area contributed by atoms with Gasteiger partial charge in [-0.25, -0.2) is 0 Å². The van der Waals surface area contributed by atoms with Gasteiger partial charge in [-0.3, -0.25) is 0 Å². The van der Waals surface area contributed by atoms with Gasteiger partial charge in [-0.2, -0.15) is 60.5 Å². The first kappa shape index (κ1) is 21.5. The van der Waals surface area contributed by atoms with Crippen LogP contribution in [-0.4, -0.2) is 33.5 Å². The van der Waals surface area contributed by atoms with Crippen LogP contribution in [0.25, 0.3) is 0 Å². The maximum absolute atomic E-state index is 4.73. The van der Waals surface area contributed by atoms with Crippen LogP contribution in [0.4, 0.5) is 0 Å². The molecule has 0 bridgehead atoms. The van der Waals surface area contributed by atoms with Crippen molar-refractivity contribution < 1.29 is 0 Å². The van der Waals surface area contributed by atoms with Crippen LogP contribution in [0.1, 0.15) is 11.1 Å². The fourth-order valence-corrected chi connectivity index (χ4v) is 6.56. The van der Waals surface area contributed by atoms with E-state index in [0.29, 0.717) is 10.5 Å². The number of benzene rings is 2. The summed E-state index contributed by atoms with van der Waals surface area (Å²) in [7, 11) is 0. The largest absolute Gasteiger partial charge is 0.174 e. The van der Waals surface area contributed by atoms with Crippen molar-refractivity contribution in [2.75, 3.05) is 23.0 Å². The van der Waals surface area contributed by atoms with Crippen molar-refractivity contribution in [3.63, 3.8) is 0 Å². The molecule has 136 valence electrons. The molecule has 25 heavy (non-hydrogen) atoms. The van der Waals surface area contributed by atoms with E-state index in [2.05, 4.69) is 60.7 Å². The smallest absolute Gasteiger partial charge is 0.0198 e. The third-order valence-corrected chi connectivity index (χ3v) is 8.81. The first-order chi connectivity index (χ1) is 12.2. The minimum Gasteiger partial charge on any atom is -0.174 e. The van der Waals surface area contributed by atoms with Crippen LogP contribution in [0.2, 0.25) is 0 Å². The van der Waals surface area contributed by atoms with E-state index in [0.717, 1.165) is 34.5 Å². The maximum atomic E-state index is 4.73.